The van der Waals surface area contributed by atoms with Crippen molar-refractivity contribution in [2.24, 2.45) is 0 Å². The number of hydrogen-bond acceptors (Lipinski definition) is 5. The van der Waals surface area contributed by atoms with Gasteiger partial charge in [0.2, 0.25) is 0 Å². The van der Waals surface area contributed by atoms with E-state index in [9.17, 15) is 14.9 Å². The summed E-state index contributed by atoms with van der Waals surface area (Å²) in [6, 6.07) is 22.4. The number of carbonyl (C=O) groups is 2. The fraction of sp³-hybridized carbons (Fsp3) is 0.0800. The molecular weight excluding hydrogens is 406 g/mol. The van der Waals surface area contributed by atoms with Crippen LogP contribution >= 0.6 is 0 Å². The maximum absolute atomic E-state index is 12.6. The molecule has 0 saturated heterocycles. The zero-order valence-electron chi connectivity index (χ0n) is 17.6. The average Bonchev–Trinajstić information content (AvgIpc) is 2.83. The summed E-state index contributed by atoms with van der Waals surface area (Å²) in [6.07, 6.45) is 1.45. The number of anilines is 2. The van der Waals surface area contributed by atoms with Crippen LogP contribution in [0.25, 0.3) is 6.08 Å². The van der Waals surface area contributed by atoms with E-state index in [2.05, 4.69) is 10.6 Å². The van der Waals surface area contributed by atoms with Gasteiger partial charge in [0.25, 0.3) is 11.8 Å². The van der Waals surface area contributed by atoms with E-state index in [4.69, 9.17) is 9.47 Å². The van der Waals surface area contributed by atoms with Crippen LogP contribution in [-0.4, -0.2) is 26.0 Å². The lowest BCUT2D eigenvalue weighted by atomic mass is 10.1. The predicted octanol–water partition coefficient (Wildman–Crippen LogP) is 4.50. The first-order valence-corrected chi connectivity index (χ1v) is 9.65. The van der Waals surface area contributed by atoms with Gasteiger partial charge in [-0.2, -0.15) is 5.26 Å². The molecule has 3 aromatic rings. The summed E-state index contributed by atoms with van der Waals surface area (Å²) < 4.78 is 10.3. The van der Waals surface area contributed by atoms with Gasteiger partial charge in [0, 0.05) is 11.3 Å². The average molecular weight is 427 g/mol. The quantitative estimate of drug-likeness (QED) is 0.427. The number of benzene rings is 3. The van der Waals surface area contributed by atoms with Crippen molar-refractivity contribution < 1.29 is 19.1 Å². The molecule has 0 aliphatic heterocycles. The van der Waals surface area contributed by atoms with Gasteiger partial charge in [-0.25, -0.2) is 0 Å². The van der Waals surface area contributed by atoms with E-state index in [1.807, 2.05) is 6.07 Å². The van der Waals surface area contributed by atoms with Gasteiger partial charge in [-0.1, -0.05) is 24.3 Å². The van der Waals surface area contributed by atoms with Crippen LogP contribution in [0.4, 0.5) is 11.4 Å². The Balaban J connectivity index is 1.75. The Hall–Kier alpha value is -4.57. The number of nitriles is 1. The zero-order valence-corrected chi connectivity index (χ0v) is 17.6. The maximum Gasteiger partial charge on any atom is 0.266 e. The van der Waals surface area contributed by atoms with Crippen LogP contribution in [0.5, 0.6) is 11.5 Å². The third kappa shape index (κ3) is 5.52. The molecule has 0 aromatic heterocycles. The smallest absolute Gasteiger partial charge is 0.266 e. The Morgan fingerprint density at radius 2 is 1.66 bits per heavy atom. The van der Waals surface area contributed by atoms with E-state index < -0.39 is 5.91 Å². The Morgan fingerprint density at radius 1 is 0.906 bits per heavy atom. The second kappa shape index (κ2) is 10.5. The van der Waals surface area contributed by atoms with Crippen molar-refractivity contribution in [3.8, 4) is 17.6 Å². The Bertz CT molecular complexity index is 1190. The number of nitrogens with zero attached hydrogens (tertiary/aromatic N) is 1. The van der Waals surface area contributed by atoms with Gasteiger partial charge in [0.15, 0.2) is 0 Å². The first-order chi connectivity index (χ1) is 15.5. The number of carbonyl (C=O) groups excluding carboxylic acids is 2. The van der Waals surface area contributed by atoms with Gasteiger partial charge in [0.05, 0.1) is 19.9 Å². The molecule has 0 aliphatic carbocycles. The lowest BCUT2D eigenvalue weighted by molar-refractivity contribution is -0.112. The first-order valence-electron chi connectivity index (χ1n) is 9.65. The van der Waals surface area contributed by atoms with Crippen molar-refractivity contribution in [3.63, 3.8) is 0 Å². The van der Waals surface area contributed by atoms with Gasteiger partial charge in [-0.05, 0) is 60.2 Å². The normalized spacial score (nSPS) is 10.6. The highest BCUT2D eigenvalue weighted by molar-refractivity contribution is 6.10. The van der Waals surface area contributed by atoms with Gasteiger partial charge in [-0.15, -0.1) is 0 Å². The molecule has 160 valence electrons. The molecule has 0 radical (unpaired) electrons. The first kappa shape index (κ1) is 22.1. The van der Waals surface area contributed by atoms with E-state index in [-0.39, 0.29) is 11.5 Å². The Labute approximate surface area is 185 Å². The molecule has 7 heteroatoms. The summed E-state index contributed by atoms with van der Waals surface area (Å²) in [7, 11) is 3.05. The SMILES string of the molecule is COc1ccc(C(=O)Nc2cccc(/C=C(\C#N)C(=O)Nc3ccccc3OC)c2)cc1. The molecule has 3 aromatic carbocycles. The zero-order chi connectivity index (χ0) is 22.9. The molecular formula is C25H21N3O4. The van der Waals surface area contributed by atoms with Crippen molar-refractivity contribution in [1.29, 1.82) is 5.26 Å². The number of amides is 2. The molecule has 0 spiro atoms. The van der Waals surface area contributed by atoms with Crippen LogP contribution in [0, 0.1) is 11.3 Å². The van der Waals surface area contributed by atoms with Crippen LogP contribution < -0.4 is 20.1 Å². The Morgan fingerprint density at radius 3 is 2.34 bits per heavy atom. The summed E-state index contributed by atoms with van der Waals surface area (Å²) in [5, 5.41) is 15.0. The highest BCUT2D eigenvalue weighted by Gasteiger charge is 2.12. The van der Waals surface area contributed by atoms with Gasteiger partial charge in [0.1, 0.15) is 23.1 Å². The predicted molar refractivity (Wildman–Crippen MR) is 123 cm³/mol. The third-order valence-corrected chi connectivity index (χ3v) is 4.53. The van der Waals surface area contributed by atoms with Crippen molar-refractivity contribution in [2.45, 2.75) is 0 Å². The Kier molecular flexibility index (Phi) is 7.23. The fourth-order valence-corrected chi connectivity index (χ4v) is 2.90. The molecule has 0 atom stereocenters. The highest BCUT2D eigenvalue weighted by Crippen LogP contribution is 2.24. The number of nitrogens with one attached hydrogen (secondary N) is 2. The molecule has 0 unspecified atom stereocenters. The van der Waals surface area contributed by atoms with Crippen LogP contribution in [-0.2, 0) is 4.79 Å². The lowest BCUT2D eigenvalue weighted by Gasteiger charge is -2.09. The number of para-hydroxylation sites is 2. The van der Waals surface area contributed by atoms with Crippen LogP contribution in [0.15, 0.2) is 78.4 Å². The molecule has 0 aliphatic rings. The maximum atomic E-state index is 12.6. The molecule has 2 N–H and O–H groups in total. The molecule has 0 bridgehead atoms. The monoisotopic (exact) mass is 427 g/mol. The molecule has 0 fully saturated rings. The minimum absolute atomic E-state index is 0.0884. The molecule has 0 heterocycles. The van der Waals surface area contributed by atoms with Crippen molar-refractivity contribution in [2.75, 3.05) is 24.9 Å². The fourth-order valence-electron chi connectivity index (χ4n) is 2.90. The number of hydrogen-bond donors (Lipinski definition) is 2. The second-order valence-corrected chi connectivity index (χ2v) is 6.63. The van der Waals surface area contributed by atoms with Crippen LogP contribution in [0.1, 0.15) is 15.9 Å². The summed E-state index contributed by atoms with van der Waals surface area (Å²) in [4.78, 5) is 25.1. The molecule has 3 rings (SSSR count). The van der Waals surface area contributed by atoms with E-state index >= 15 is 0 Å². The third-order valence-electron chi connectivity index (χ3n) is 4.53. The lowest BCUT2D eigenvalue weighted by Crippen LogP contribution is -2.14. The van der Waals surface area contributed by atoms with Gasteiger partial charge >= 0.3 is 0 Å². The van der Waals surface area contributed by atoms with E-state index in [1.54, 1.807) is 79.9 Å². The highest BCUT2D eigenvalue weighted by atomic mass is 16.5. The van der Waals surface area contributed by atoms with E-state index in [1.165, 1.54) is 13.2 Å². The van der Waals surface area contributed by atoms with Crippen molar-refractivity contribution in [3.05, 3.63) is 89.5 Å². The number of ether oxygens (including phenoxy) is 2. The number of methoxy groups -OCH3 is 2. The van der Waals surface area contributed by atoms with E-state index in [0.717, 1.165) is 0 Å². The van der Waals surface area contributed by atoms with Crippen molar-refractivity contribution in [1.82, 2.24) is 0 Å². The minimum Gasteiger partial charge on any atom is -0.497 e. The molecule has 2 amide bonds. The molecule has 0 saturated carbocycles. The second-order valence-electron chi connectivity index (χ2n) is 6.63. The molecule has 32 heavy (non-hydrogen) atoms. The minimum atomic E-state index is -0.565. The molecule has 7 nitrogen and oxygen atoms in total. The van der Waals surface area contributed by atoms with Crippen LogP contribution in [0.2, 0.25) is 0 Å². The standard InChI is InChI=1S/C25H21N3O4/c1-31-21-12-10-18(11-13-21)24(29)27-20-7-5-6-17(15-20)14-19(16-26)25(30)28-22-8-3-4-9-23(22)32-2/h3-15H,1-2H3,(H,27,29)(H,28,30)/b19-14+. The number of rotatable bonds is 7. The van der Waals surface area contributed by atoms with Crippen molar-refractivity contribution >= 4 is 29.3 Å². The summed E-state index contributed by atoms with van der Waals surface area (Å²) in [5.41, 5.74) is 1.96. The van der Waals surface area contributed by atoms with Gasteiger partial charge < -0.3 is 20.1 Å². The van der Waals surface area contributed by atoms with Gasteiger partial charge in [-0.3, -0.25) is 9.59 Å². The van der Waals surface area contributed by atoms with Crippen LogP contribution in [0.3, 0.4) is 0 Å². The summed E-state index contributed by atoms with van der Waals surface area (Å²) in [5.74, 6) is 0.290. The topological polar surface area (TPSA) is 100 Å². The summed E-state index contributed by atoms with van der Waals surface area (Å²) >= 11 is 0. The largest absolute Gasteiger partial charge is 0.497 e. The summed E-state index contributed by atoms with van der Waals surface area (Å²) in [6.45, 7) is 0. The van der Waals surface area contributed by atoms with E-state index in [0.29, 0.717) is 34.0 Å².